The van der Waals surface area contributed by atoms with Gasteiger partial charge in [0.15, 0.2) is 5.82 Å². The molecule has 2 aromatic carbocycles. The molecule has 0 aliphatic heterocycles. The molecule has 0 fully saturated rings. The van der Waals surface area contributed by atoms with Gasteiger partial charge in [-0.2, -0.15) is 5.10 Å². The second-order valence-electron chi connectivity index (χ2n) is 7.20. The molecule has 7 nitrogen and oxygen atoms in total. The minimum Gasteiger partial charge on any atom is -0.496 e. The molecule has 1 amide bonds. The van der Waals surface area contributed by atoms with Crippen LogP contribution >= 0.6 is 0 Å². The number of para-hydroxylation sites is 1. The average molecular weight is 424 g/mol. The lowest BCUT2D eigenvalue weighted by atomic mass is 10.0. The van der Waals surface area contributed by atoms with Crippen molar-refractivity contribution in [2.45, 2.75) is 19.3 Å². The number of benzene rings is 2. The zero-order valence-electron chi connectivity index (χ0n) is 18.3. The van der Waals surface area contributed by atoms with E-state index in [1.165, 1.54) is 0 Å². The summed E-state index contributed by atoms with van der Waals surface area (Å²) >= 11 is 0. The van der Waals surface area contributed by atoms with Crippen LogP contribution in [-0.4, -0.2) is 43.1 Å². The average Bonchev–Trinajstić information content (AvgIpc) is 3.19. The van der Waals surface area contributed by atoms with Gasteiger partial charge < -0.3 is 19.5 Å². The van der Waals surface area contributed by atoms with Gasteiger partial charge >= 0.3 is 0 Å². The van der Waals surface area contributed by atoms with Gasteiger partial charge in [-0.25, -0.2) is 0 Å². The van der Waals surface area contributed by atoms with Gasteiger partial charge in [0.25, 0.3) is 5.91 Å². The maximum Gasteiger partial charge on any atom is 0.257 e. The first-order valence-electron chi connectivity index (χ1n) is 10.3. The maximum absolute atomic E-state index is 12.8. The number of hydrogen-bond acceptors (Lipinski definition) is 5. The molecule has 0 aliphatic rings. The van der Waals surface area contributed by atoms with E-state index in [0.29, 0.717) is 30.3 Å². The van der Waals surface area contributed by atoms with E-state index in [0.717, 1.165) is 36.1 Å². The van der Waals surface area contributed by atoms with Crippen molar-refractivity contribution in [3.63, 3.8) is 0 Å². The highest BCUT2D eigenvalue weighted by molar-refractivity contribution is 6.04. The summed E-state index contributed by atoms with van der Waals surface area (Å²) in [5.41, 5.74) is 2.67. The number of methoxy groups -OCH3 is 2. The Bertz CT molecular complexity index is 1000. The first kappa shape index (κ1) is 22.4. The van der Waals surface area contributed by atoms with Crippen LogP contribution in [0, 0.1) is 0 Å². The quantitative estimate of drug-likeness (QED) is 0.474. The predicted molar refractivity (Wildman–Crippen MR) is 120 cm³/mol. The topological polar surface area (TPSA) is 74.6 Å². The molecule has 1 heterocycles. The Balaban J connectivity index is 1.77. The zero-order valence-corrected chi connectivity index (χ0v) is 18.3. The SMILES string of the molecule is COCCCOc1cc(CCc2ccccc2OC)cc(C(=O)Nc2ccn(C)n2)c1. The second kappa shape index (κ2) is 11.2. The van der Waals surface area contributed by atoms with Gasteiger partial charge in [0.05, 0.1) is 13.7 Å². The fourth-order valence-corrected chi connectivity index (χ4v) is 3.27. The number of rotatable bonds is 11. The minimum atomic E-state index is -0.223. The summed E-state index contributed by atoms with van der Waals surface area (Å²) in [4.78, 5) is 12.8. The fraction of sp³-hybridized carbons (Fsp3) is 0.333. The van der Waals surface area contributed by atoms with Crippen LogP contribution in [-0.2, 0) is 24.6 Å². The minimum absolute atomic E-state index is 0.223. The molecule has 164 valence electrons. The fourth-order valence-electron chi connectivity index (χ4n) is 3.27. The van der Waals surface area contributed by atoms with Crippen LogP contribution < -0.4 is 14.8 Å². The summed E-state index contributed by atoms with van der Waals surface area (Å²) in [5, 5.41) is 7.05. The van der Waals surface area contributed by atoms with E-state index in [2.05, 4.69) is 16.5 Å². The van der Waals surface area contributed by atoms with Gasteiger partial charge in [0.2, 0.25) is 0 Å². The van der Waals surface area contributed by atoms with Crippen molar-refractivity contribution < 1.29 is 19.0 Å². The van der Waals surface area contributed by atoms with Gasteiger partial charge in [0, 0.05) is 45.0 Å². The number of ether oxygens (including phenoxy) is 3. The number of aromatic nitrogens is 2. The van der Waals surface area contributed by atoms with Gasteiger partial charge in [0.1, 0.15) is 11.5 Å². The van der Waals surface area contributed by atoms with Crippen LogP contribution in [0.2, 0.25) is 0 Å². The van der Waals surface area contributed by atoms with Crippen LogP contribution in [0.1, 0.15) is 27.9 Å². The Morgan fingerprint density at radius 2 is 1.90 bits per heavy atom. The van der Waals surface area contributed by atoms with Crippen LogP contribution in [0.25, 0.3) is 0 Å². The molecule has 0 bridgehead atoms. The molecular formula is C24H29N3O4. The number of nitrogens with one attached hydrogen (secondary N) is 1. The Kier molecular flexibility index (Phi) is 8.06. The van der Waals surface area contributed by atoms with Crippen molar-refractivity contribution in [3.8, 4) is 11.5 Å². The van der Waals surface area contributed by atoms with Crippen molar-refractivity contribution >= 4 is 11.7 Å². The smallest absolute Gasteiger partial charge is 0.257 e. The van der Waals surface area contributed by atoms with Gasteiger partial charge in [-0.05, 0) is 48.2 Å². The highest BCUT2D eigenvalue weighted by atomic mass is 16.5. The van der Waals surface area contributed by atoms with E-state index >= 15 is 0 Å². The van der Waals surface area contributed by atoms with Crippen LogP contribution in [0.15, 0.2) is 54.7 Å². The molecule has 0 radical (unpaired) electrons. The maximum atomic E-state index is 12.8. The van der Waals surface area contributed by atoms with E-state index in [4.69, 9.17) is 14.2 Å². The molecule has 0 spiro atoms. The Morgan fingerprint density at radius 3 is 2.65 bits per heavy atom. The Labute approximate surface area is 182 Å². The largest absolute Gasteiger partial charge is 0.496 e. The zero-order chi connectivity index (χ0) is 22.1. The number of aryl methyl sites for hydroxylation is 3. The molecule has 3 rings (SSSR count). The first-order valence-corrected chi connectivity index (χ1v) is 10.3. The molecule has 1 aromatic heterocycles. The second-order valence-corrected chi connectivity index (χ2v) is 7.20. The van der Waals surface area contributed by atoms with Crippen LogP contribution in [0.4, 0.5) is 5.82 Å². The molecule has 0 aliphatic carbocycles. The van der Waals surface area contributed by atoms with Gasteiger partial charge in [-0.1, -0.05) is 18.2 Å². The van der Waals surface area contributed by atoms with Crippen LogP contribution in [0.5, 0.6) is 11.5 Å². The molecule has 0 unspecified atom stereocenters. The van der Waals surface area contributed by atoms with Crippen molar-refractivity contribution in [1.82, 2.24) is 9.78 Å². The molecule has 0 saturated heterocycles. The lowest BCUT2D eigenvalue weighted by molar-refractivity contribution is 0.102. The number of nitrogens with zero attached hydrogens (tertiary/aromatic N) is 2. The third-order valence-corrected chi connectivity index (χ3v) is 4.82. The predicted octanol–water partition coefficient (Wildman–Crippen LogP) is 3.88. The normalized spacial score (nSPS) is 10.7. The number of anilines is 1. The summed E-state index contributed by atoms with van der Waals surface area (Å²) in [6, 6.07) is 15.4. The Hall–Kier alpha value is -3.32. The van der Waals surface area contributed by atoms with Crippen molar-refractivity contribution in [3.05, 3.63) is 71.4 Å². The third kappa shape index (κ3) is 6.58. The monoisotopic (exact) mass is 423 g/mol. The van der Waals surface area contributed by atoms with Crippen molar-refractivity contribution in [1.29, 1.82) is 0 Å². The number of amides is 1. The van der Waals surface area contributed by atoms with E-state index in [1.807, 2.05) is 30.3 Å². The molecule has 0 saturated carbocycles. The number of hydrogen-bond donors (Lipinski definition) is 1. The molecule has 3 aromatic rings. The first-order chi connectivity index (χ1) is 15.1. The summed E-state index contributed by atoms with van der Waals surface area (Å²) in [5.74, 6) is 1.82. The highest BCUT2D eigenvalue weighted by Crippen LogP contribution is 2.23. The molecular weight excluding hydrogens is 394 g/mol. The summed E-state index contributed by atoms with van der Waals surface area (Å²) in [6.07, 6.45) is 4.10. The van der Waals surface area contributed by atoms with E-state index < -0.39 is 0 Å². The standard InChI is InChI=1S/C24H29N3O4/c1-27-12-11-23(26-27)25-24(28)20-15-18(16-21(17-20)31-14-6-13-29-2)9-10-19-7-4-5-8-22(19)30-3/h4-5,7-8,11-12,15-17H,6,9-10,13-14H2,1-3H3,(H,25,26,28). The highest BCUT2D eigenvalue weighted by Gasteiger charge is 2.12. The summed E-state index contributed by atoms with van der Waals surface area (Å²) < 4.78 is 18.1. The van der Waals surface area contributed by atoms with Gasteiger partial charge in [-0.3, -0.25) is 9.48 Å². The Morgan fingerprint density at radius 1 is 1.06 bits per heavy atom. The molecule has 7 heteroatoms. The lowest BCUT2D eigenvalue weighted by Crippen LogP contribution is -2.13. The van der Waals surface area contributed by atoms with Crippen molar-refractivity contribution in [2.24, 2.45) is 7.05 Å². The van der Waals surface area contributed by atoms with E-state index in [-0.39, 0.29) is 5.91 Å². The van der Waals surface area contributed by atoms with Gasteiger partial charge in [-0.15, -0.1) is 0 Å². The van der Waals surface area contributed by atoms with Crippen LogP contribution in [0.3, 0.4) is 0 Å². The summed E-state index contributed by atoms with van der Waals surface area (Å²) in [6.45, 7) is 1.14. The molecule has 0 atom stereocenters. The number of carbonyl (C=O) groups is 1. The van der Waals surface area contributed by atoms with E-state index in [1.54, 1.807) is 44.3 Å². The lowest BCUT2D eigenvalue weighted by Gasteiger charge is -2.12. The van der Waals surface area contributed by atoms with Crippen molar-refractivity contribution in [2.75, 3.05) is 32.8 Å². The third-order valence-electron chi connectivity index (χ3n) is 4.82. The molecule has 31 heavy (non-hydrogen) atoms. The van der Waals surface area contributed by atoms with E-state index in [9.17, 15) is 4.79 Å². The number of carbonyl (C=O) groups excluding carboxylic acids is 1. The molecule has 1 N–H and O–H groups in total. The summed E-state index contributed by atoms with van der Waals surface area (Å²) in [7, 11) is 5.14.